The van der Waals surface area contributed by atoms with Gasteiger partial charge in [-0.3, -0.25) is 9.59 Å². The van der Waals surface area contributed by atoms with Gasteiger partial charge in [-0.15, -0.1) is 0 Å². The highest BCUT2D eigenvalue weighted by Crippen LogP contribution is 2.61. The number of carbonyl (C=O) groups is 2. The Balaban J connectivity index is 1.59. The molecule has 8 nitrogen and oxygen atoms in total. The van der Waals surface area contributed by atoms with E-state index in [2.05, 4.69) is 10.6 Å². The largest absolute Gasteiger partial charge is 0.504 e. The van der Waals surface area contributed by atoms with Crippen molar-refractivity contribution in [2.24, 2.45) is 0 Å². The molecule has 2 aliphatic heterocycles. The number of ether oxygens (including phenoxy) is 2. The third-order valence-corrected chi connectivity index (χ3v) is 8.56. The van der Waals surface area contributed by atoms with Crippen molar-refractivity contribution in [3.63, 3.8) is 0 Å². The molecule has 0 amide bonds. The number of nitrogens with one attached hydrogen (secondary N) is 2. The summed E-state index contributed by atoms with van der Waals surface area (Å²) in [7, 11) is 2.92. The van der Waals surface area contributed by atoms with Gasteiger partial charge in [0.15, 0.2) is 34.6 Å². The lowest BCUT2D eigenvalue weighted by Gasteiger charge is -2.51. The lowest BCUT2D eigenvalue weighted by molar-refractivity contribution is 0.0776. The zero-order valence-electron chi connectivity index (χ0n) is 21.8. The number of benzene rings is 4. The molecule has 0 radical (unpaired) electrons. The summed E-state index contributed by atoms with van der Waals surface area (Å²) in [5.41, 5.74) is 1.29. The monoisotopic (exact) mass is 534 g/mol. The lowest BCUT2D eigenvalue weighted by Crippen LogP contribution is -2.63. The van der Waals surface area contributed by atoms with Crippen molar-refractivity contribution in [3.8, 4) is 23.0 Å². The number of phenolic OH excluding ortho intramolecular Hbond substituents is 2. The number of hydrogen-bond donors (Lipinski definition) is 4. The fraction of sp³-hybridized carbons (Fsp3) is 0.188. The molecule has 0 aromatic heterocycles. The number of carbonyl (C=O) groups excluding carboxylic acids is 2. The Morgan fingerprint density at radius 1 is 0.750 bits per heavy atom. The van der Waals surface area contributed by atoms with Crippen LogP contribution < -0.4 is 20.1 Å². The van der Waals surface area contributed by atoms with Crippen LogP contribution in [0, 0.1) is 0 Å². The molecule has 7 rings (SSSR count). The van der Waals surface area contributed by atoms with Crippen LogP contribution in [0.3, 0.4) is 0 Å². The second-order valence-electron chi connectivity index (χ2n) is 10.5. The Kier molecular flexibility index (Phi) is 4.97. The molecule has 200 valence electrons. The summed E-state index contributed by atoms with van der Waals surface area (Å²) in [5, 5.41) is 28.7. The zero-order chi connectivity index (χ0) is 27.8. The van der Waals surface area contributed by atoms with Crippen LogP contribution in [0.4, 0.5) is 11.4 Å². The molecule has 2 spiro atoms. The molecule has 0 saturated heterocycles. The predicted molar refractivity (Wildman–Crippen MR) is 149 cm³/mol. The standard InChI is InChI=1S/C32H26N2O6/c1-39-26-12-11-17(13-24(26)35)28-31(29(37)19-7-3-5-9-22(19)33-31)16-18-14-25(36)27(40-2)15-21(18)32(28)30(38)20-8-4-6-10-23(20)34-32/h3-15,28,33-36H,16H2,1-2H3/t28-,31+,32+/m0/s1. The summed E-state index contributed by atoms with van der Waals surface area (Å²) >= 11 is 0. The normalized spacial score (nSPS) is 23.8. The van der Waals surface area contributed by atoms with Crippen LogP contribution in [0.2, 0.25) is 0 Å². The van der Waals surface area contributed by atoms with Crippen molar-refractivity contribution in [1.82, 2.24) is 0 Å². The average Bonchev–Trinajstić information content (AvgIpc) is 3.40. The number of phenols is 2. The topological polar surface area (TPSA) is 117 Å². The molecule has 4 aromatic rings. The van der Waals surface area contributed by atoms with Gasteiger partial charge in [-0.1, -0.05) is 30.3 Å². The molecule has 4 aromatic carbocycles. The highest BCUT2D eigenvalue weighted by Gasteiger charge is 2.67. The lowest BCUT2D eigenvalue weighted by atomic mass is 9.56. The third-order valence-electron chi connectivity index (χ3n) is 8.56. The minimum absolute atomic E-state index is 0.0852. The molecular formula is C32H26N2O6. The summed E-state index contributed by atoms with van der Waals surface area (Å²) in [6.45, 7) is 0. The van der Waals surface area contributed by atoms with E-state index in [9.17, 15) is 19.8 Å². The summed E-state index contributed by atoms with van der Waals surface area (Å²) in [6.07, 6.45) is 0.178. The van der Waals surface area contributed by atoms with E-state index in [-0.39, 0.29) is 41.0 Å². The first-order valence-corrected chi connectivity index (χ1v) is 13.0. The van der Waals surface area contributed by atoms with Gasteiger partial charge in [-0.2, -0.15) is 0 Å². The van der Waals surface area contributed by atoms with E-state index < -0.39 is 17.0 Å². The van der Waals surface area contributed by atoms with Crippen molar-refractivity contribution >= 4 is 22.9 Å². The van der Waals surface area contributed by atoms with E-state index in [1.54, 1.807) is 48.5 Å². The highest BCUT2D eigenvalue weighted by molar-refractivity contribution is 6.19. The summed E-state index contributed by atoms with van der Waals surface area (Å²) in [5.74, 6) is -0.930. The van der Waals surface area contributed by atoms with Gasteiger partial charge in [0, 0.05) is 34.8 Å². The molecule has 2 heterocycles. The molecule has 3 aliphatic rings. The molecule has 3 atom stereocenters. The summed E-state index contributed by atoms with van der Waals surface area (Å²) < 4.78 is 10.8. The van der Waals surface area contributed by atoms with E-state index in [1.165, 1.54) is 14.2 Å². The molecule has 0 saturated carbocycles. The van der Waals surface area contributed by atoms with Crippen molar-refractivity contribution in [3.05, 3.63) is 107 Å². The number of rotatable bonds is 3. The molecule has 0 fully saturated rings. The molecule has 40 heavy (non-hydrogen) atoms. The smallest absolute Gasteiger partial charge is 0.195 e. The Morgan fingerprint density at radius 2 is 1.38 bits per heavy atom. The summed E-state index contributed by atoms with van der Waals surface area (Å²) in [6, 6.07) is 22.8. The predicted octanol–water partition coefficient (Wildman–Crippen LogP) is 5.01. The zero-order valence-corrected chi connectivity index (χ0v) is 21.8. The Bertz CT molecular complexity index is 1750. The van der Waals surface area contributed by atoms with Gasteiger partial charge >= 0.3 is 0 Å². The van der Waals surface area contributed by atoms with Crippen LogP contribution in [-0.4, -0.2) is 41.5 Å². The molecule has 1 aliphatic carbocycles. The molecule has 4 N–H and O–H groups in total. The van der Waals surface area contributed by atoms with Gasteiger partial charge in [0.2, 0.25) is 0 Å². The van der Waals surface area contributed by atoms with Crippen LogP contribution in [-0.2, 0) is 12.0 Å². The minimum Gasteiger partial charge on any atom is -0.504 e. The first-order chi connectivity index (χ1) is 19.3. The number of Topliss-reactive ketones (excluding diaryl/α,β-unsaturated/α-hetero) is 2. The highest BCUT2D eigenvalue weighted by atomic mass is 16.5. The quantitative estimate of drug-likeness (QED) is 0.290. The van der Waals surface area contributed by atoms with E-state index in [4.69, 9.17) is 9.47 Å². The Hall–Kier alpha value is -4.98. The van der Waals surface area contributed by atoms with Crippen LogP contribution in [0.15, 0.2) is 78.9 Å². The SMILES string of the molecule is COc1ccc([C@H]2[C@@]3(Cc4cc(O)c(OC)cc4[C@@]24Nc2ccccc2C4=O)Nc2ccccc2C3=O)cc1O. The number of aromatic hydroxyl groups is 2. The molecular weight excluding hydrogens is 508 g/mol. The van der Waals surface area contributed by atoms with E-state index in [1.807, 2.05) is 30.3 Å². The second kappa shape index (κ2) is 8.26. The maximum atomic E-state index is 14.7. The number of para-hydroxylation sites is 2. The van der Waals surface area contributed by atoms with E-state index >= 15 is 0 Å². The van der Waals surface area contributed by atoms with Gasteiger partial charge in [0.25, 0.3) is 0 Å². The summed E-state index contributed by atoms with van der Waals surface area (Å²) in [4.78, 5) is 29.3. The second-order valence-corrected chi connectivity index (χ2v) is 10.5. The third kappa shape index (κ3) is 2.96. The van der Waals surface area contributed by atoms with Gasteiger partial charge in [0.05, 0.1) is 14.2 Å². The van der Waals surface area contributed by atoms with Gasteiger partial charge in [-0.05, 0) is 65.2 Å². The van der Waals surface area contributed by atoms with E-state index in [0.29, 0.717) is 39.2 Å². The Morgan fingerprint density at radius 3 is 2.00 bits per heavy atom. The van der Waals surface area contributed by atoms with E-state index in [0.717, 1.165) is 0 Å². The first-order valence-electron chi connectivity index (χ1n) is 13.0. The van der Waals surface area contributed by atoms with Crippen LogP contribution in [0.1, 0.15) is 43.3 Å². The maximum Gasteiger partial charge on any atom is 0.195 e. The number of fused-ring (bicyclic) bond motifs is 4. The number of hydrogen-bond acceptors (Lipinski definition) is 8. The van der Waals surface area contributed by atoms with Crippen molar-refractivity contribution in [2.45, 2.75) is 23.4 Å². The number of anilines is 2. The van der Waals surface area contributed by atoms with Crippen molar-refractivity contribution < 1.29 is 29.3 Å². The molecule has 8 heteroatoms. The van der Waals surface area contributed by atoms with Gasteiger partial charge in [0.1, 0.15) is 11.1 Å². The van der Waals surface area contributed by atoms with Crippen molar-refractivity contribution in [2.75, 3.05) is 24.9 Å². The van der Waals surface area contributed by atoms with Gasteiger partial charge in [-0.25, -0.2) is 0 Å². The van der Waals surface area contributed by atoms with Crippen LogP contribution in [0.5, 0.6) is 23.0 Å². The molecule has 0 bridgehead atoms. The Labute approximate surface area is 230 Å². The van der Waals surface area contributed by atoms with Crippen LogP contribution >= 0.6 is 0 Å². The molecule has 0 unspecified atom stereocenters. The number of methoxy groups -OCH3 is 2. The average molecular weight is 535 g/mol. The van der Waals surface area contributed by atoms with Crippen molar-refractivity contribution in [1.29, 1.82) is 0 Å². The maximum absolute atomic E-state index is 14.7. The first kappa shape index (κ1) is 24.1. The fourth-order valence-electron chi connectivity index (χ4n) is 6.96. The van der Waals surface area contributed by atoms with Crippen LogP contribution in [0.25, 0.3) is 0 Å². The fourth-order valence-corrected chi connectivity index (χ4v) is 6.96. The van der Waals surface area contributed by atoms with Gasteiger partial charge < -0.3 is 30.3 Å². The number of ketones is 2. The minimum atomic E-state index is -1.48.